The van der Waals surface area contributed by atoms with Gasteiger partial charge in [0.15, 0.2) is 23.1 Å². The molecule has 0 unspecified atom stereocenters. The molecule has 0 atom stereocenters. The van der Waals surface area contributed by atoms with Crippen LogP contribution in [0.15, 0.2) is 53.1 Å². The summed E-state index contributed by atoms with van der Waals surface area (Å²) < 4.78 is 21.3. The minimum absolute atomic E-state index is 0.142. The van der Waals surface area contributed by atoms with Gasteiger partial charge in [0, 0.05) is 30.2 Å². The number of aromatic nitrogens is 1. The van der Waals surface area contributed by atoms with Gasteiger partial charge >= 0.3 is 0 Å². The van der Waals surface area contributed by atoms with Gasteiger partial charge in [-0.15, -0.1) is 0 Å². The normalized spacial score (nSPS) is 10.4. The standard InChI is InChI=1S/C21H22N2O5/c1-25-16-7-4-14(5-8-16)19-13-22-21(28-19)11-10-20(24)23-15-6-9-17(26-2)18(12-15)27-3/h4-9,12-13H,10-11H2,1-3H3,(H,23,24). The van der Waals surface area contributed by atoms with Gasteiger partial charge in [-0.2, -0.15) is 0 Å². The second-order valence-electron chi connectivity index (χ2n) is 5.96. The Kier molecular flexibility index (Phi) is 6.16. The van der Waals surface area contributed by atoms with Crippen molar-refractivity contribution in [3.63, 3.8) is 0 Å². The Hall–Kier alpha value is -3.48. The summed E-state index contributed by atoms with van der Waals surface area (Å²) in [6, 6.07) is 12.7. The molecule has 1 N–H and O–H groups in total. The third-order valence-corrected chi connectivity index (χ3v) is 4.16. The smallest absolute Gasteiger partial charge is 0.224 e. The van der Waals surface area contributed by atoms with Crippen LogP contribution >= 0.6 is 0 Å². The van der Waals surface area contributed by atoms with Crippen molar-refractivity contribution in [2.24, 2.45) is 0 Å². The number of benzene rings is 2. The van der Waals surface area contributed by atoms with Crippen LogP contribution in [0.25, 0.3) is 11.3 Å². The second kappa shape index (κ2) is 8.94. The van der Waals surface area contributed by atoms with Crippen LogP contribution in [-0.4, -0.2) is 32.2 Å². The molecule has 3 rings (SSSR count). The van der Waals surface area contributed by atoms with Gasteiger partial charge in [0.1, 0.15) is 5.75 Å². The first kappa shape index (κ1) is 19.3. The first-order chi connectivity index (χ1) is 13.6. The Balaban J connectivity index is 1.57. The third kappa shape index (κ3) is 4.62. The molecule has 0 fully saturated rings. The van der Waals surface area contributed by atoms with Crippen LogP contribution < -0.4 is 19.5 Å². The number of carbonyl (C=O) groups is 1. The zero-order valence-corrected chi connectivity index (χ0v) is 16.0. The van der Waals surface area contributed by atoms with Gasteiger partial charge in [-0.25, -0.2) is 4.98 Å². The molecule has 7 nitrogen and oxygen atoms in total. The predicted molar refractivity (Wildman–Crippen MR) is 105 cm³/mol. The molecule has 7 heteroatoms. The zero-order chi connectivity index (χ0) is 19.9. The maximum Gasteiger partial charge on any atom is 0.224 e. The maximum absolute atomic E-state index is 12.2. The van der Waals surface area contributed by atoms with Crippen LogP contribution in [0, 0.1) is 0 Å². The number of rotatable bonds is 8. The molecule has 28 heavy (non-hydrogen) atoms. The Bertz CT molecular complexity index is 934. The maximum atomic E-state index is 12.2. The molecule has 0 saturated carbocycles. The fourth-order valence-electron chi connectivity index (χ4n) is 2.67. The highest BCUT2D eigenvalue weighted by Crippen LogP contribution is 2.30. The number of nitrogens with zero attached hydrogens (tertiary/aromatic N) is 1. The molecular weight excluding hydrogens is 360 g/mol. The van der Waals surface area contributed by atoms with Crippen LogP contribution in [0.5, 0.6) is 17.2 Å². The Morgan fingerprint density at radius 3 is 2.43 bits per heavy atom. The molecule has 0 aliphatic carbocycles. The van der Waals surface area contributed by atoms with E-state index in [4.69, 9.17) is 18.6 Å². The number of oxazole rings is 1. The SMILES string of the molecule is COc1ccc(-c2cnc(CCC(=O)Nc3ccc(OC)c(OC)c3)o2)cc1. The van der Waals surface area contributed by atoms with E-state index >= 15 is 0 Å². The summed E-state index contributed by atoms with van der Waals surface area (Å²) in [5.41, 5.74) is 1.53. The number of anilines is 1. The largest absolute Gasteiger partial charge is 0.497 e. The van der Waals surface area contributed by atoms with Crippen molar-refractivity contribution in [3.8, 4) is 28.6 Å². The Morgan fingerprint density at radius 1 is 1.00 bits per heavy atom. The first-order valence-electron chi connectivity index (χ1n) is 8.74. The van der Waals surface area contributed by atoms with Gasteiger partial charge in [-0.1, -0.05) is 0 Å². The number of methoxy groups -OCH3 is 3. The van der Waals surface area contributed by atoms with Gasteiger partial charge in [0.25, 0.3) is 0 Å². The lowest BCUT2D eigenvalue weighted by atomic mass is 10.2. The highest BCUT2D eigenvalue weighted by Gasteiger charge is 2.11. The minimum Gasteiger partial charge on any atom is -0.497 e. The topological polar surface area (TPSA) is 82.8 Å². The number of ether oxygens (including phenoxy) is 3. The van der Waals surface area contributed by atoms with E-state index in [2.05, 4.69) is 10.3 Å². The van der Waals surface area contributed by atoms with Crippen molar-refractivity contribution in [2.45, 2.75) is 12.8 Å². The van der Waals surface area contributed by atoms with Crippen molar-refractivity contribution in [1.82, 2.24) is 4.98 Å². The van der Waals surface area contributed by atoms with E-state index in [1.165, 1.54) is 0 Å². The van der Waals surface area contributed by atoms with Crippen LogP contribution in [0.3, 0.4) is 0 Å². The molecule has 0 radical (unpaired) electrons. The number of hydrogen-bond donors (Lipinski definition) is 1. The monoisotopic (exact) mass is 382 g/mol. The average molecular weight is 382 g/mol. The number of carbonyl (C=O) groups excluding carboxylic acids is 1. The molecule has 1 amide bonds. The van der Waals surface area contributed by atoms with E-state index in [1.807, 2.05) is 24.3 Å². The summed E-state index contributed by atoms with van der Waals surface area (Å²) in [5.74, 6) is 2.95. The summed E-state index contributed by atoms with van der Waals surface area (Å²) >= 11 is 0. The van der Waals surface area contributed by atoms with Crippen molar-refractivity contribution in [1.29, 1.82) is 0 Å². The van der Waals surface area contributed by atoms with Crippen LogP contribution in [0.4, 0.5) is 5.69 Å². The van der Waals surface area contributed by atoms with Gasteiger partial charge in [-0.3, -0.25) is 4.79 Å². The molecule has 0 saturated heterocycles. The molecule has 3 aromatic rings. The van der Waals surface area contributed by atoms with Crippen LogP contribution in [0.1, 0.15) is 12.3 Å². The van der Waals surface area contributed by atoms with E-state index in [0.29, 0.717) is 35.3 Å². The predicted octanol–water partition coefficient (Wildman–Crippen LogP) is 3.94. The Labute approximate surface area is 163 Å². The van der Waals surface area contributed by atoms with E-state index in [9.17, 15) is 4.79 Å². The minimum atomic E-state index is -0.142. The van der Waals surface area contributed by atoms with Crippen molar-refractivity contribution < 1.29 is 23.4 Å². The van der Waals surface area contributed by atoms with Crippen LogP contribution in [-0.2, 0) is 11.2 Å². The molecule has 0 spiro atoms. The van der Waals surface area contributed by atoms with Gasteiger partial charge < -0.3 is 23.9 Å². The third-order valence-electron chi connectivity index (χ3n) is 4.16. The lowest BCUT2D eigenvalue weighted by Crippen LogP contribution is -2.12. The average Bonchev–Trinajstić information content (AvgIpc) is 3.21. The highest BCUT2D eigenvalue weighted by molar-refractivity contribution is 5.91. The van der Waals surface area contributed by atoms with E-state index in [-0.39, 0.29) is 12.3 Å². The fourth-order valence-corrected chi connectivity index (χ4v) is 2.67. The van der Waals surface area contributed by atoms with Gasteiger partial charge in [0.2, 0.25) is 5.91 Å². The molecule has 1 heterocycles. The molecule has 0 aliphatic heterocycles. The molecule has 146 valence electrons. The van der Waals surface area contributed by atoms with Crippen LogP contribution in [0.2, 0.25) is 0 Å². The van der Waals surface area contributed by atoms with Crippen molar-refractivity contribution in [3.05, 3.63) is 54.6 Å². The van der Waals surface area contributed by atoms with E-state index in [0.717, 1.165) is 11.3 Å². The van der Waals surface area contributed by atoms with Gasteiger partial charge in [0.05, 0.1) is 27.5 Å². The molecule has 0 aliphatic rings. The quantitative estimate of drug-likeness (QED) is 0.635. The van der Waals surface area contributed by atoms with Crippen molar-refractivity contribution >= 4 is 11.6 Å². The Morgan fingerprint density at radius 2 is 1.75 bits per heavy atom. The van der Waals surface area contributed by atoms with Crippen molar-refractivity contribution in [2.75, 3.05) is 26.6 Å². The number of amides is 1. The molecule has 1 aromatic heterocycles. The number of nitrogens with one attached hydrogen (secondary N) is 1. The zero-order valence-electron chi connectivity index (χ0n) is 16.0. The summed E-state index contributed by atoms with van der Waals surface area (Å²) in [6.07, 6.45) is 2.30. The lowest BCUT2D eigenvalue weighted by Gasteiger charge is -2.10. The molecule has 0 bridgehead atoms. The molecule has 2 aromatic carbocycles. The summed E-state index contributed by atoms with van der Waals surface area (Å²) in [4.78, 5) is 16.5. The number of hydrogen-bond acceptors (Lipinski definition) is 6. The van der Waals surface area contributed by atoms with E-state index in [1.54, 1.807) is 45.7 Å². The summed E-state index contributed by atoms with van der Waals surface area (Å²) in [7, 11) is 4.73. The second-order valence-corrected chi connectivity index (χ2v) is 5.96. The first-order valence-corrected chi connectivity index (χ1v) is 8.74. The number of aryl methyl sites for hydroxylation is 1. The fraction of sp³-hybridized carbons (Fsp3) is 0.238. The lowest BCUT2D eigenvalue weighted by molar-refractivity contribution is -0.116. The highest BCUT2D eigenvalue weighted by atomic mass is 16.5. The van der Waals surface area contributed by atoms with Gasteiger partial charge in [-0.05, 0) is 36.4 Å². The summed E-state index contributed by atoms with van der Waals surface area (Å²) in [6.45, 7) is 0. The molecular formula is C21H22N2O5. The van der Waals surface area contributed by atoms with E-state index < -0.39 is 0 Å². The summed E-state index contributed by atoms with van der Waals surface area (Å²) in [5, 5.41) is 2.83.